The molecule has 1 saturated carbocycles. The summed E-state index contributed by atoms with van der Waals surface area (Å²) in [7, 11) is 0. The molecule has 1 saturated heterocycles. The Morgan fingerprint density at radius 2 is 1.76 bits per heavy atom. The molecule has 4 rings (SSSR count). The molecule has 0 bridgehead atoms. The maximum absolute atomic E-state index is 13.1. The molecule has 2 aliphatic rings. The van der Waals surface area contributed by atoms with Gasteiger partial charge in [-0.2, -0.15) is 0 Å². The molecule has 0 radical (unpaired) electrons. The van der Waals surface area contributed by atoms with Gasteiger partial charge in [0.25, 0.3) is 0 Å². The largest absolute Gasteiger partial charge is 0.353 e. The predicted molar refractivity (Wildman–Crippen MR) is 135 cm³/mol. The minimum atomic E-state index is -0.421. The van der Waals surface area contributed by atoms with E-state index in [1.54, 1.807) is 0 Å². The lowest BCUT2D eigenvalue weighted by Crippen LogP contribution is -2.58. The molecule has 34 heavy (non-hydrogen) atoms. The Labute approximate surface area is 203 Å². The van der Waals surface area contributed by atoms with Gasteiger partial charge in [0, 0.05) is 44.7 Å². The zero-order valence-electron chi connectivity index (χ0n) is 20.3. The summed E-state index contributed by atoms with van der Waals surface area (Å²) in [6, 6.07) is 19.1. The molecule has 0 aromatic heterocycles. The van der Waals surface area contributed by atoms with Gasteiger partial charge in [-0.15, -0.1) is 0 Å². The van der Waals surface area contributed by atoms with Crippen LogP contribution < -0.4 is 11.1 Å². The Bertz CT molecular complexity index is 943. The van der Waals surface area contributed by atoms with Gasteiger partial charge in [0.15, 0.2) is 0 Å². The first kappa shape index (κ1) is 24.4. The fraction of sp³-hybridized carbons (Fsp3) is 0.500. The average Bonchev–Trinajstić information content (AvgIpc) is 3.72. The quantitative estimate of drug-likeness (QED) is 0.569. The maximum Gasteiger partial charge on any atom is 0.242 e. The summed E-state index contributed by atoms with van der Waals surface area (Å²) in [5, 5.41) is 2.94. The normalized spacial score (nSPS) is 20.4. The van der Waals surface area contributed by atoms with Crippen molar-refractivity contribution in [3.63, 3.8) is 0 Å². The molecule has 2 aromatic carbocycles. The summed E-state index contributed by atoms with van der Waals surface area (Å²) in [5.74, 6) is 0.200. The number of piperidine rings is 1. The van der Waals surface area contributed by atoms with E-state index in [2.05, 4.69) is 65.7 Å². The lowest BCUT2D eigenvalue weighted by molar-refractivity contribution is -0.144. The van der Waals surface area contributed by atoms with Crippen LogP contribution in [0.25, 0.3) is 0 Å². The maximum atomic E-state index is 13.1. The summed E-state index contributed by atoms with van der Waals surface area (Å²) in [4.78, 5) is 30.4. The van der Waals surface area contributed by atoms with Gasteiger partial charge < -0.3 is 16.0 Å². The lowest BCUT2D eigenvalue weighted by atomic mass is 9.93. The van der Waals surface area contributed by atoms with E-state index < -0.39 is 6.04 Å². The molecule has 2 amide bonds. The van der Waals surface area contributed by atoms with Gasteiger partial charge in [-0.25, -0.2) is 0 Å². The highest BCUT2D eigenvalue weighted by Gasteiger charge is 2.42. The fourth-order valence-electron chi connectivity index (χ4n) is 4.90. The predicted octanol–water partition coefficient (Wildman–Crippen LogP) is 2.88. The number of nitrogens with zero attached hydrogens (tertiary/aromatic N) is 2. The molecule has 2 aromatic rings. The Balaban J connectivity index is 1.51. The van der Waals surface area contributed by atoms with E-state index in [1.165, 1.54) is 16.7 Å². The number of carbonyl (C=O) groups excluding carboxylic acids is 2. The van der Waals surface area contributed by atoms with Gasteiger partial charge in [-0.05, 0) is 50.2 Å². The van der Waals surface area contributed by atoms with Crippen molar-refractivity contribution in [3.8, 4) is 0 Å². The first-order chi connectivity index (χ1) is 16.5. The lowest BCUT2D eigenvalue weighted by Gasteiger charge is -2.43. The van der Waals surface area contributed by atoms with Crippen LogP contribution in [-0.4, -0.2) is 59.9 Å². The van der Waals surface area contributed by atoms with E-state index in [0.717, 1.165) is 38.8 Å². The van der Waals surface area contributed by atoms with Crippen molar-refractivity contribution in [1.82, 2.24) is 15.1 Å². The number of benzene rings is 2. The van der Waals surface area contributed by atoms with Crippen LogP contribution in [0.1, 0.15) is 42.4 Å². The fourth-order valence-corrected chi connectivity index (χ4v) is 4.90. The molecule has 1 unspecified atom stereocenters. The summed E-state index contributed by atoms with van der Waals surface area (Å²) in [5.41, 5.74) is 9.47. The van der Waals surface area contributed by atoms with E-state index in [9.17, 15) is 9.59 Å². The SMILES string of the molecule is Cc1ccc(CN(CCc2ccccc2)C2CCN(C(=O)C3CC3)[C@@H](C(=O)NCCN)C2)cc1. The Morgan fingerprint density at radius 1 is 1.03 bits per heavy atom. The highest BCUT2D eigenvalue weighted by molar-refractivity contribution is 5.89. The average molecular weight is 463 g/mol. The van der Waals surface area contributed by atoms with Crippen molar-refractivity contribution in [2.75, 3.05) is 26.2 Å². The number of nitrogens with one attached hydrogen (secondary N) is 1. The van der Waals surface area contributed by atoms with Crippen molar-refractivity contribution < 1.29 is 9.59 Å². The molecule has 182 valence electrons. The van der Waals surface area contributed by atoms with Crippen LogP contribution in [0.5, 0.6) is 0 Å². The Hall–Kier alpha value is -2.70. The second-order valence-corrected chi connectivity index (χ2v) is 9.77. The van der Waals surface area contributed by atoms with E-state index in [4.69, 9.17) is 5.73 Å². The second kappa shape index (κ2) is 11.6. The van der Waals surface area contributed by atoms with Gasteiger partial charge in [-0.3, -0.25) is 14.5 Å². The number of aryl methyl sites for hydroxylation is 1. The van der Waals surface area contributed by atoms with E-state index in [1.807, 2.05) is 11.0 Å². The van der Waals surface area contributed by atoms with Crippen LogP contribution in [0, 0.1) is 12.8 Å². The first-order valence-electron chi connectivity index (χ1n) is 12.7. The number of hydrogen-bond acceptors (Lipinski definition) is 4. The standard InChI is InChI=1S/C28H38N4O2/c1-21-7-9-23(10-8-21)20-31(17-13-22-5-3-2-4-6-22)25-14-18-32(28(34)24-11-12-24)26(19-25)27(33)30-16-15-29/h2-10,24-26H,11-20,29H2,1H3,(H,30,33)/t25?,26-/m1/s1. The minimum Gasteiger partial charge on any atom is -0.353 e. The topological polar surface area (TPSA) is 78.7 Å². The Morgan fingerprint density at radius 3 is 2.44 bits per heavy atom. The van der Waals surface area contributed by atoms with E-state index in [0.29, 0.717) is 26.1 Å². The number of rotatable bonds is 10. The van der Waals surface area contributed by atoms with Crippen molar-refractivity contribution in [3.05, 3.63) is 71.3 Å². The van der Waals surface area contributed by atoms with Crippen molar-refractivity contribution in [2.45, 2.75) is 57.7 Å². The van der Waals surface area contributed by atoms with Crippen LogP contribution in [0.2, 0.25) is 0 Å². The van der Waals surface area contributed by atoms with Gasteiger partial charge in [0.2, 0.25) is 11.8 Å². The van der Waals surface area contributed by atoms with Crippen LogP contribution in [0.15, 0.2) is 54.6 Å². The third kappa shape index (κ3) is 6.45. The number of likely N-dealkylation sites (tertiary alicyclic amines) is 1. The molecule has 1 aliphatic heterocycles. The first-order valence-corrected chi connectivity index (χ1v) is 12.7. The third-order valence-electron chi connectivity index (χ3n) is 7.08. The highest BCUT2D eigenvalue weighted by Crippen LogP contribution is 2.34. The smallest absolute Gasteiger partial charge is 0.242 e. The van der Waals surface area contributed by atoms with Crippen LogP contribution in [0.4, 0.5) is 0 Å². The van der Waals surface area contributed by atoms with Crippen LogP contribution in [-0.2, 0) is 22.6 Å². The minimum absolute atomic E-state index is 0.0671. The summed E-state index contributed by atoms with van der Waals surface area (Å²) in [6.07, 6.45) is 4.41. The summed E-state index contributed by atoms with van der Waals surface area (Å²) in [6.45, 7) is 5.33. The molecule has 6 nitrogen and oxygen atoms in total. The van der Waals surface area contributed by atoms with Crippen molar-refractivity contribution in [2.24, 2.45) is 11.7 Å². The van der Waals surface area contributed by atoms with Gasteiger partial charge in [0.1, 0.15) is 6.04 Å². The number of amides is 2. The molecule has 0 spiro atoms. The van der Waals surface area contributed by atoms with Gasteiger partial charge in [-0.1, -0.05) is 60.2 Å². The molecule has 3 N–H and O–H groups in total. The molecule has 1 heterocycles. The molecular weight excluding hydrogens is 424 g/mol. The zero-order chi connectivity index (χ0) is 23.9. The summed E-state index contributed by atoms with van der Waals surface area (Å²) < 4.78 is 0. The van der Waals surface area contributed by atoms with Gasteiger partial charge in [0.05, 0.1) is 0 Å². The second-order valence-electron chi connectivity index (χ2n) is 9.77. The molecular formula is C28H38N4O2. The molecule has 2 fully saturated rings. The molecule has 6 heteroatoms. The molecule has 2 atom stereocenters. The van der Waals surface area contributed by atoms with E-state index >= 15 is 0 Å². The number of nitrogens with two attached hydrogens (primary N) is 1. The van der Waals surface area contributed by atoms with Crippen LogP contribution >= 0.6 is 0 Å². The zero-order valence-corrected chi connectivity index (χ0v) is 20.3. The molecule has 1 aliphatic carbocycles. The Kier molecular flexibility index (Phi) is 8.35. The van der Waals surface area contributed by atoms with Crippen molar-refractivity contribution in [1.29, 1.82) is 0 Å². The summed E-state index contributed by atoms with van der Waals surface area (Å²) >= 11 is 0. The van der Waals surface area contributed by atoms with E-state index in [-0.39, 0.29) is 23.8 Å². The highest BCUT2D eigenvalue weighted by atomic mass is 16.2. The van der Waals surface area contributed by atoms with Gasteiger partial charge >= 0.3 is 0 Å². The van der Waals surface area contributed by atoms with Crippen molar-refractivity contribution >= 4 is 11.8 Å². The third-order valence-corrected chi connectivity index (χ3v) is 7.08. The number of carbonyl (C=O) groups is 2. The number of hydrogen-bond donors (Lipinski definition) is 2. The van der Waals surface area contributed by atoms with Crippen LogP contribution in [0.3, 0.4) is 0 Å². The monoisotopic (exact) mass is 462 g/mol.